The number of carbonyl (C=O) groups excluding carboxylic acids is 1. The van der Waals surface area contributed by atoms with E-state index in [4.69, 9.17) is 4.74 Å². The second-order valence-corrected chi connectivity index (χ2v) is 3.14. The van der Waals surface area contributed by atoms with Gasteiger partial charge in [-0.2, -0.15) is 0 Å². The molecule has 0 amide bonds. The average Bonchev–Trinajstić information content (AvgIpc) is 2.69. The van der Waals surface area contributed by atoms with E-state index in [0.29, 0.717) is 12.5 Å². The van der Waals surface area contributed by atoms with Crippen molar-refractivity contribution in [2.75, 3.05) is 6.61 Å². The highest BCUT2D eigenvalue weighted by Gasteiger charge is 2.42. The first-order valence-corrected chi connectivity index (χ1v) is 4.46. The molecule has 0 aromatic heterocycles. The van der Waals surface area contributed by atoms with E-state index >= 15 is 0 Å². The second-order valence-electron chi connectivity index (χ2n) is 3.14. The molecule has 0 bridgehead atoms. The summed E-state index contributed by atoms with van der Waals surface area (Å²) in [5.74, 6) is 0.903. The van der Waals surface area contributed by atoms with E-state index in [9.17, 15) is 4.79 Å². The summed E-state index contributed by atoms with van der Waals surface area (Å²) >= 11 is 0. The van der Waals surface area contributed by atoms with Gasteiger partial charge in [0.1, 0.15) is 0 Å². The summed E-state index contributed by atoms with van der Waals surface area (Å²) in [7, 11) is 0. The molecule has 0 saturated heterocycles. The summed E-state index contributed by atoms with van der Waals surface area (Å²) in [5, 5.41) is 0. The van der Waals surface area contributed by atoms with Crippen LogP contribution in [0.4, 0.5) is 0 Å². The Morgan fingerprint density at radius 2 is 2.27 bits per heavy atom. The fourth-order valence-electron chi connectivity index (χ4n) is 1.48. The van der Waals surface area contributed by atoms with Gasteiger partial charge < -0.3 is 4.74 Å². The van der Waals surface area contributed by atoms with Crippen molar-refractivity contribution >= 4 is 5.97 Å². The molecule has 2 atom stereocenters. The van der Waals surface area contributed by atoms with Crippen molar-refractivity contribution < 1.29 is 9.53 Å². The molecule has 1 saturated carbocycles. The molecule has 0 unspecified atom stereocenters. The van der Waals surface area contributed by atoms with Gasteiger partial charge in [-0.15, -0.1) is 0 Å². The maximum Gasteiger partial charge on any atom is 0.309 e. The van der Waals surface area contributed by atoms with Gasteiger partial charge in [-0.1, -0.05) is 13.3 Å². The van der Waals surface area contributed by atoms with E-state index in [2.05, 4.69) is 6.92 Å². The predicted octanol–water partition coefficient (Wildman–Crippen LogP) is 1.99. The fraction of sp³-hybridized carbons (Fsp3) is 0.889. The Balaban J connectivity index is 2.15. The molecule has 2 nitrogen and oxygen atoms in total. The van der Waals surface area contributed by atoms with E-state index in [1.165, 1.54) is 12.8 Å². The zero-order chi connectivity index (χ0) is 8.27. The average molecular weight is 156 g/mol. The Morgan fingerprint density at radius 3 is 2.82 bits per heavy atom. The smallest absolute Gasteiger partial charge is 0.309 e. The normalized spacial score (nSPS) is 28.2. The fourth-order valence-corrected chi connectivity index (χ4v) is 1.48. The summed E-state index contributed by atoms with van der Waals surface area (Å²) in [4.78, 5) is 11.1. The van der Waals surface area contributed by atoms with Crippen LogP contribution < -0.4 is 0 Å². The number of ether oxygens (including phenoxy) is 1. The molecule has 0 spiro atoms. The van der Waals surface area contributed by atoms with Crippen molar-refractivity contribution in [3.05, 3.63) is 0 Å². The Hall–Kier alpha value is -0.530. The lowest BCUT2D eigenvalue weighted by Gasteiger charge is -1.98. The minimum atomic E-state index is 0.0194. The monoisotopic (exact) mass is 156 g/mol. The SMILES string of the molecule is CCC[C@H]1C[C@H]1C(=O)OCC. The molecule has 64 valence electrons. The number of hydrogen-bond acceptors (Lipinski definition) is 2. The first kappa shape index (κ1) is 8.57. The van der Waals surface area contributed by atoms with Crippen molar-refractivity contribution in [3.8, 4) is 0 Å². The lowest BCUT2D eigenvalue weighted by atomic mass is 10.2. The van der Waals surface area contributed by atoms with Crippen molar-refractivity contribution in [1.29, 1.82) is 0 Å². The van der Waals surface area contributed by atoms with Gasteiger partial charge in [0.25, 0.3) is 0 Å². The van der Waals surface area contributed by atoms with Crippen LogP contribution in [0, 0.1) is 11.8 Å². The minimum absolute atomic E-state index is 0.0194. The molecule has 1 fully saturated rings. The van der Waals surface area contributed by atoms with Gasteiger partial charge in [-0.25, -0.2) is 0 Å². The number of hydrogen-bond donors (Lipinski definition) is 0. The van der Waals surface area contributed by atoms with Gasteiger partial charge in [-0.05, 0) is 25.7 Å². The summed E-state index contributed by atoms with van der Waals surface area (Å²) < 4.78 is 4.90. The van der Waals surface area contributed by atoms with E-state index < -0.39 is 0 Å². The molecule has 2 heteroatoms. The lowest BCUT2D eigenvalue weighted by Crippen LogP contribution is -2.07. The van der Waals surface area contributed by atoms with E-state index in [0.717, 1.165) is 6.42 Å². The quantitative estimate of drug-likeness (QED) is 0.582. The first-order valence-electron chi connectivity index (χ1n) is 4.46. The van der Waals surface area contributed by atoms with E-state index in [1.54, 1.807) is 0 Å². The molecule has 0 N–H and O–H groups in total. The molecule has 1 rings (SSSR count). The van der Waals surface area contributed by atoms with Gasteiger partial charge in [0.15, 0.2) is 0 Å². The van der Waals surface area contributed by atoms with Crippen LogP contribution in [-0.2, 0) is 9.53 Å². The molecule has 1 aliphatic rings. The van der Waals surface area contributed by atoms with Crippen LogP contribution in [0.15, 0.2) is 0 Å². The van der Waals surface area contributed by atoms with Gasteiger partial charge in [-0.3, -0.25) is 4.79 Å². The molecular formula is C9H16O2. The topological polar surface area (TPSA) is 26.3 Å². The van der Waals surface area contributed by atoms with Crippen LogP contribution in [0.5, 0.6) is 0 Å². The van der Waals surface area contributed by atoms with Crippen LogP contribution in [-0.4, -0.2) is 12.6 Å². The number of carbonyl (C=O) groups is 1. The molecule has 0 aromatic carbocycles. The van der Waals surface area contributed by atoms with Crippen LogP contribution in [0.2, 0.25) is 0 Å². The Morgan fingerprint density at radius 1 is 1.55 bits per heavy atom. The third-order valence-corrected chi connectivity index (χ3v) is 2.17. The highest BCUT2D eigenvalue weighted by molar-refractivity contribution is 5.75. The zero-order valence-corrected chi connectivity index (χ0v) is 7.30. The molecule has 0 radical (unpaired) electrons. The van der Waals surface area contributed by atoms with Gasteiger partial charge in [0.2, 0.25) is 0 Å². The maximum atomic E-state index is 11.1. The van der Waals surface area contributed by atoms with Crippen LogP contribution in [0.25, 0.3) is 0 Å². The van der Waals surface area contributed by atoms with E-state index in [1.807, 2.05) is 6.92 Å². The van der Waals surface area contributed by atoms with Crippen molar-refractivity contribution in [3.63, 3.8) is 0 Å². The largest absolute Gasteiger partial charge is 0.466 e. The predicted molar refractivity (Wildman–Crippen MR) is 43.1 cm³/mol. The minimum Gasteiger partial charge on any atom is -0.466 e. The first-order chi connectivity index (χ1) is 5.29. The summed E-state index contributed by atoms with van der Waals surface area (Å²) in [6.45, 7) is 4.53. The van der Waals surface area contributed by atoms with Crippen molar-refractivity contribution in [1.82, 2.24) is 0 Å². The molecule has 0 aromatic rings. The van der Waals surface area contributed by atoms with Gasteiger partial charge in [0, 0.05) is 0 Å². The standard InChI is InChI=1S/C9H16O2/c1-3-5-7-6-8(7)9(10)11-4-2/h7-8H,3-6H2,1-2H3/t7-,8+/m0/s1. The van der Waals surface area contributed by atoms with Crippen molar-refractivity contribution in [2.45, 2.75) is 33.1 Å². The molecule has 1 aliphatic carbocycles. The van der Waals surface area contributed by atoms with Gasteiger partial charge >= 0.3 is 5.97 Å². The lowest BCUT2D eigenvalue weighted by molar-refractivity contribution is -0.145. The second kappa shape index (κ2) is 3.74. The Bertz CT molecular complexity index is 142. The summed E-state index contributed by atoms with van der Waals surface area (Å²) in [6, 6.07) is 0. The highest BCUT2D eigenvalue weighted by atomic mass is 16.5. The summed E-state index contributed by atoms with van der Waals surface area (Å²) in [5.41, 5.74) is 0. The summed E-state index contributed by atoms with van der Waals surface area (Å²) in [6.07, 6.45) is 3.43. The van der Waals surface area contributed by atoms with Crippen molar-refractivity contribution in [2.24, 2.45) is 11.8 Å². The van der Waals surface area contributed by atoms with Crippen LogP contribution in [0.3, 0.4) is 0 Å². The molecule has 0 aliphatic heterocycles. The highest BCUT2D eigenvalue weighted by Crippen LogP contribution is 2.42. The zero-order valence-electron chi connectivity index (χ0n) is 7.30. The van der Waals surface area contributed by atoms with Crippen LogP contribution in [0.1, 0.15) is 33.1 Å². The van der Waals surface area contributed by atoms with Crippen LogP contribution >= 0.6 is 0 Å². The third kappa shape index (κ3) is 2.21. The molecule has 11 heavy (non-hydrogen) atoms. The Kier molecular flexibility index (Phi) is 2.92. The third-order valence-electron chi connectivity index (χ3n) is 2.17. The molecule has 0 heterocycles. The number of esters is 1. The van der Waals surface area contributed by atoms with Gasteiger partial charge in [0.05, 0.1) is 12.5 Å². The Labute approximate surface area is 67.9 Å². The molecular weight excluding hydrogens is 140 g/mol. The van der Waals surface area contributed by atoms with E-state index in [-0.39, 0.29) is 11.9 Å². The maximum absolute atomic E-state index is 11.1. The number of rotatable bonds is 4.